The summed E-state index contributed by atoms with van der Waals surface area (Å²) >= 11 is 11.7. The zero-order valence-electron chi connectivity index (χ0n) is 11.2. The molecule has 4 nitrogen and oxygen atoms in total. The van der Waals surface area contributed by atoms with E-state index in [0.717, 1.165) is 0 Å². The van der Waals surface area contributed by atoms with Gasteiger partial charge in [0.25, 0.3) is 5.91 Å². The van der Waals surface area contributed by atoms with E-state index in [-0.39, 0.29) is 23.0 Å². The van der Waals surface area contributed by atoms with Crippen molar-refractivity contribution in [3.63, 3.8) is 0 Å². The van der Waals surface area contributed by atoms with Crippen LogP contribution in [-0.2, 0) is 4.79 Å². The molecule has 0 bridgehead atoms. The predicted octanol–water partition coefficient (Wildman–Crippen LogP) is 3.01. The molecule has 0 radical (unpaired) electrons. The van der Waals surface area contributed by atoms with Gasteiger partial charge in [0.2, 0.25) is 5.91 Å². The summed E-state index contributed by atoms with van der Waals surface area (Å²) in [6.45, 7) is 3.85. The van der Waals surface area contributed by atoms with E-state index < -0.39 is 5.91 Å². The van der Waals surface area contributed by atoms with Crippen LogP contribution in [0.4, 0.5) is 0 Å². The number of nitrogens with one attached hydrogen (secondary N) is 2. The summed E-state index contributed by atoms with van der Waals surface area (Å²) in [5, 5.41) is 5.72. The van der Waals surface area contributed by atoms with Gasteiger partial charge >= 0.3 is 0 Å². The van der Waals surface area contributed by atoms with Crippen LogP contribution in [0.1, 0.15) is 24.2 Å². The standard InChI is InChI=1S/C14H16Cl2N2O2/c1-9(2)5-6-17-13(19)8-18-14(20)11-7-10(15)3-4-12(11)16/h3-7,9H,8H2,1-2H3,(H,17,19)(H,18,20)/b6-5+. The Hall–Kier alpha value is -1.52. The number of carbonyl (C=O) groups excluding carboxylic acids is 2. The van der Waals surface area contributed by atoms with Crippen LogP contribution in [0.3, 0.4) is 0 Å². The van der Waals surface area contributed by atoms with Gasteiger partial charge in [-0.3, -0.25) is 9.59 Å². The first-order valence-corrected chi connectivity index (χ1v) is 6.85. The molecule has 0 aliphatic carbocycles. The molecule has 6 heteroatoms. The number of allylic oxidation sites excluding steroid dienone is 1. The van der Waals surface area contributed by atoms with Crippen molar-refractivity contribution in [2.45, 2.75) is 13.8 Å². The van der Waals surface area contributed by atoms with Gasteiger partial charge in [-0.15, -0.1) is 0 Å². The van der Waals surface area contributed by atoms with Gasteiger partial charge in [-0.25, -0.2) is 0 Å². The molecule has 2 N–H and O–H groups in total. The first kappa shape index (κ1) is 16.5. The molecule has 0 aliphatic rings. The number of hydrogen-bond donors (Lipinski definition) is 2. The monoisotopic (exact) mass is 314 g/mol. The second kappa shape index (κ2) is 7.92. The van der Waals surface area contributed by atoms with Crippen molar-refractivity contribution in [3.8, 4) is 0 Å². The maximum absolute atomic E-state index is 11.9. The highest BCUT2D eigenvalue weighted by atomic mass is 35.5. The molecular formula is C14H16Cl2N2O2. The summed E-state index contributed by atoms with van der Waals surface area (Å²) in [4.78, 5) is 23.3. The van der Waals surface area contributed by atoms with E-state index in [1.165, 1.54) is 12.1 Å². The molecule has 1 rings (SSSR count). The van der Waals surface area contributed by atoms with Gasteiger partial charge in [0.05, 0.1) is 17.1 Å². The molecule has 20 heavy (non-hydrogen) atoms. The van der Waals surface area contributed by atoms with Crippen LogP contribution in [0.15, 0.2) is 30.5 Å². The summed E-state index contributed by atoms with van der Waals surface area (Å²) in [7, 11) is 0. The smallest absolute Gasteiger partial charge is 0.253 e. The predicted molar refractivity (Wildman–Crippen MR) is 80.9 cm³/mol. The van der Waals surface area contributed by atoms with E-state index in [1.54, 1.807) is 12.3 Å². The van der Waals surface area contributed by atoms with Crippen LogP contribution < -0.4 is 10.6 Å². The molecular weight excluding hydrogens is 299 g/mol. The van der Waals surface area contributed by atoms with Gasteiger partial charge in [0.15, 0.2) is 0 Å². The fourth-order valence-corrected chi connectivity index (χ4v) is 1.69. The lowest BCUT2D eigenvalue weighted by Crippen LogP contribution is -2.35. The SMILES string of the molecule is CC(C)/C=C/NC(=O)CNC(=O)c1cc(Cl)ccc1Cl. The minimum absolute atomic E-state index is 0.135. The molecule has 0 heterocycles. The molecule has 108 valence electrons. The maximum Gasteiger partial charge on any atom is 0.253 e. The quantitative estimate of drug-likeness (QED) is 0.877. The van der Waals surface area contributed by atoms with Gasteiger partial charge in [-0.1, -0.05) is 43.1 Å². The average molecular weight is 315 g/mol. The Morgan fingerprint density at radius 3 is 2.65 bits per heavy atom. The Balaban J connectivity index is 2.51. The van der Waals surface area contributed by atoms with Crippen LogP contribution >= 0.6 is 23.2 Å². The van der Waals surface area contributed by atoms with Gasteiger partial charge < -0.3 is 10.6 Å². The highest BCUT2D eigenvalue weighted by Crippen LogP contribution is 2.20. The van der Waals surface area contributed by atoms with Crippen molar-refractivity contribution >= 4 is 35.0 Å². The minimum atomic E-state index is -0.444. The highest BCUT2D eigenvalue weighted by molar-refractivity contribution is 6.35. The summed E-state index contributed by atoms with van der Waals surface area (Å²) in [6, 6.07) is 4.57. The average Bonchev–Trinajstić information content (AvgIpc) is 2.38. The molecule has 1 aromatic rings. The summed E-state index contributed by atoms with van der Waals surface area (Å²) < 4.78 is 0. The summed E-state index contributed by atoms with van der Waals surface area (Å²) in [5.41, 5.74) is 0.240. The van der Waals surface area contributed by atoms with Crippen molar-refractivity contribution in [1.82, 2.24) is 10.6 Å². The first-order valence-electron chi connectivity index (χ1n) is 6.09. The molecule has 0 saturated heterocycles. The molecule has 0 saturated carbocycles. The number of amides is 2. The summed E-state index contributed by atoms with van der Waals surface area (Å²) in [5.74, 6) is -0.413. The van der Waals surface area contributed by atoms with E-state index in [9.17, 15) is 9.59 Å². The van der Waals surface area contributed by atoms with Crippen LogP contribution in [-0.4, -0.2) is 18.4 Å². The van der Waals surface area contributed by atoms with Crippen LogP contribution in [0.25, 0.3) is 0 Å². The molecule has 0 unspecified atom stereocenters. The van der Waals surface area contributed by atoms with E-state index in [2.05, 4.69) is 10.6 Å². The molecule has 0 atom stereocenters. The Labute approximate surface area is 128 Å². The third-order valence-electron chi connectivity index (χ3n) is 2.31. The Morgan fingerprint density at radius 2 is 2.00 bits per heavy atom. The lowest BCUT2D eigenvalue weighted by atomic mass is 10.2. The first-order chi connectivity index (χ1) is 9.40. The number of rotatable bonds is 5. The topological polar surface area (TPSA) is 58.2 Å². The minimum Gasteiger partial charge on any atom is -0.343 e. The fourth-order valence-electron chi connectivity index (χ4n) is 1.31. The van der Waals surface area contributed by atoms with E-state index >= 15 is 0 Å². The molecule has 2 amide bonds. The zero-order valence-corrected chi connectivity index (χ0v) is 12.8. The maximum atomic E-state index is 11.9. The Bertz CT molecular complexity index is 528. The van der Waals surface area contributed by atoms with Crippen LogP contribution in [0, 0.1) is 5.92 Å². The van der Waals surface area contributed by atoms with E-state index in [1.807, 2.05) is 19.9 Å². The molecule has 0 aromatic heterocycles. The van der Waals surface area contributed by atoms with E-state index in [0.29, 0.717) is 10.9 Å². The number of benzene rings is 1. The fraction of sp³-hybridized carbons (Fsp3) is 0.286. The van der Waals surface area contributed by atoms with Crippen molar-refractivity contribution in [2.24, 2.45) is 5.92 Å². The van der Waals surface area contributed by atoms with Gasteiger partial charge in [0, 0.05) is 11.2 Å². The second-order valence-electron chi connectivity index (χ2n) is 4.48. The molecule has 0 aliphatic heterocycles. The van der Waals surface area contributed by atoms with Crippen LogP contribution in [0.5, 0.6) is 0 Å². The Morgan fingerprint density at radius 1 is 1.30 bits per heavy atom. The zero-order chi connectivity index (χ0) is 15.1. The lowest BCUT2D eigenvalue weighted by Gasteiger charge is -2.06. The molecule has 0 fully saturated rings. The van der Waals surface area contributed by atoms with Crippen molar-refractivity contribution in [2.75, 3.05) is 6.54 Å². The number of hydrogen-bond acceptors (Lipinski definition) is 2. The third-order valence-corrected chi connectivity index (χ3v) is 2.87. The highest BCUT2D eigenvalue weighted by Gasteiger charge is 2.11. The van der Waals surface area contributed by atoms with Crippen molar-refractivity contribution in [3.05, 3.63) is 46.1 Å². The number of carbonyl (C=O) groups is 2. The third kappa shape index (κ3) is 5.63. The lowest BCUT2D eigenvalue weighted by molar-refractivity contribution is -0.119. The second-order valence-corrected chi connectivity index (χ2v) is 5.32. The molecule has 0 spiro atoms. The number of halogens is 2. The van der Waals surface area contributed by atoms with Crippen LogP contribution in [0.2, 0.25) is 10.0 Å². The van der Waals surface area contributed by atoms with Crippen molar-refractivity contribution in [1.29, 1.82) is 0 Å². The van der Waals surface area contributed by atoms with Gasteiger partial charge in [0.1, 0.15) is 0 Å². The largest absolute Gasteiger partial charge is 0.343 e. The Kier molecular flexibility index (Phi) is 6.55. The van der Waals surface area contributed by atoms with E-state index in [4.69, 9.17) is 23.2 Å². The summed E-state index contributed by atoms with van der Waals surface area (Å²) in [6.07, 6.45) is 3.40. The van der Waals surface area contributed by atoms with Gasteiger partial charge in [-0.05, 0) is 24.1 Å². The normalized spacial score (nSPS) is 10.8. The molecule has 1 aromatic carbocycles. The van der Waals surface area contributed by atoms with Crippen molar-refractivity contribution < 1.29 is 9.59 Å². The van der Waals surface area contributed by atoms with Gasteiger partial charge in [-0.2, -0.15) is 0 Å².